The van der Waals surface area contributed by atoms with Gasteiger partial charge in [0.25, 0.3) is 0 Å². The highest BCUT2D eigenvalue weighted by atomic mass is 15.2. The molecule has 2 nitrogen and oxygen atoms in total. The van der Waals surface area contributed by atoms with Gasteiger partial charge < -0.3 is 5.32 Å². The molecule has 1 aliphatic rings. The molecule has 0 spiro atoms. The van der Waals surface area contributed by atoms with Crippen molar-refractivity contribution in [2.75, 3.05) is 26.7 Å². The molecule has 0 saturated carbocycles. The number of nitrogens with zero attached hydrogens (tertiary/aromatic N) is 1. The zero-order chi connectivity index (χ0) is 8.81. The van der Waals surface area contributed by atoms with Gasteiger partial charge in [0.1, 0.15) is 0 Å². The van der Waals surface area contributed by atoms with Gasteiger partial charge in [0.15, 0.2) is 0 Å². The van der Waals surface area contributed by atoms with Crippen molar-refractivity contribution in [3.05, 3.63) is 0 Å². The zero-order valence-corrected chi connectivity index (χ0v) is 8.47. The van der Waals surface area contributed by atoms with Crippen LogP contribution < -0.4 is 5.32 Å². The summed E-state index contributed by atoms with van der Waals surface area (Å²) in [5.41, 5.74) is 0. The van der Waals surface area contributed by atoms with Crippen LogP contribution in [0.15, 0.2) is 0 Å². The smallest absolute Gasteiger partial charge is 0.0217 e. The second-order valence-electron chi connectivity index (χ2n) is 3.72. The molecule has 1 heterocycles. The van der Waals surface area contributed by atoms with Crippen molar-refractivity contribution in [3.8, 4) is 0 Å². The van der Waals surface area contributed by atoms with Crippen LogP contribution in [0.5, 0.6) is 0 Å². The Morgan fingerprint density at radius 1 is 1.25 bits per heavy atom. The van der Waals surface area contributed by atoms with Crippen LogP contribution in [0.4, 0.5) is 0 Å². The molecule has 0 aromatic heterocycles. The fourth-order valence-corrected chi connectivity index (χ4v) is 2.05. The van der Waals surface area contributed by atoms with Gasteiger partial charge in [0.05, 0.1) is 0 Å². The lowest BCUT2D eigenvalue weighted by molar-refractivity contribution is 0.157. The van der Waals surface area contributed by atoms with E-state index < -0.39 is 0 Å². The third-order valence-electron chi connectivity index (χ3n) is 2.82. The number of hydrogen-bond acceptors (Lipinski definition) is 2. The maximum absolute atomic E-state index is 3.27. The summed E-state index contributed by atoms with van der Waals surface area (Å²) in [6.45, 7) is 6.08. The van der Waals surface area contributed by atoms with E-state index in [0.717, 1.165) is 12.6 Å². The Morgan fingerprint density at radius 3 is 2.42 bits per heavy atom. The molecule has 1 N–H and O–H groups in total. The Hall–Kier alpha value is -0.0800. The lowest BCUT2D eigenvalue weighted by Gasteiger charge is -2.33. The summed E-state index contributed by atoms with van der Waals surface area (Å²) >= 11 is 0. The number of nitrogens with one attached hydrogen (secondary N) is 1. The van der Waals surface area contributed by atoms with Gasteiger partial charge in [-0.2, -0.15) is 0 Å². The first-order valence-electron chi connectivity index (χ1n) is 5.27. The molecule has 0 bridgehead atoms. The molecule has 72 valence electrons. The van der Waals surface area contributed by atoms with E-state index in [1.165, 1.54) is 38.8 Å². The molecule has 0 aromatic carbocycles. The molecule has 0 aliphatic carbocycles. The Bertz CT molecular complexity index is 106. The van der Waals surface area contributed by atoms with Crippen LogP contribution in [0, 0.1) is 0 Å². The van der Waals surface area contributed by atoms with Gasteiger partial charge in [-0.3, -0.25) is 4.90 Å². The van der Waals surface area contributed by atoms with Crippen LogP contribution in [0.25, 0.3) is 0 Å². The number of likely N-dealkylation sites (tertiary alicyclic amines) is 1. The molecule has 1 fully saturated rings. The van der Waals surface area contributed by atoms with E-state index in [2.05, 4.69) is 17.1 Å². The van der Waals surface area contributed by atoms with Gasteiger partial charge in [-0.25, -0.2) is 0 Å². The monoisotopic (exact) mass is 170 g/mol. The predicted octanol–water partition coefficient (Wildman–Crippen LogP) is 1.47. The maximum atomic E-state index is 3.27. The summed E-state index contributed by atoms with van der Waals surface area (Å²) in [6.07, 6.45) is 5.52. The zero-order valence-electron chi connectivity index (χ0n) is 8.47. The standard InChI is InChI=1S/C10H22N2/c1-3-10(9-11-2)12-7-5-4-6-8-12/h10-11H,3-9H2,1-2H3. The van der Waals surface area contributed by atoms with Crippen molar-refractivity contribution in [1.82, 2.24) is 10.2 Å². The lowest BCUT2D eigenvalue weighted by Crippen LogP contribution is -2.43. The van der Waals surface area contributed by atoms with E-state index in [0.29, 0.717) is 0 Å². The highest BCUT2D eigenvalue weighted by Gasteiger charge is 2.17. The molecule has 2 heteroatoms. The molecule has 1 atom stereocenters. The van der Waals surface area contributed by atoms with Gasteiger partial charge in [-0.15, -0.1) is 0 Å². The maximum Gasteiger partial charge on any atom is 0.0217 e. The van der Waals surface area contributed by atoms with Crippen molar-refractivity contribution in [2.24, 2.45) is 0 Å². The van der Waals surface area contributed by atoms with E-state index in [4.69, 9.17) is 0 Å². The van der Waals surface area contributed by atoms with E-state index in [9.17, 15) is 0 Å². The molecule has 0 amide bonds. The lowest BCUT2D eigenvalue weighted by atomic mass is 10.1. The summed E-state index contributed by atoms with van der Waals surface area (Å²) in [5, 5.41) is 3.27. The summed E-state index contributed by atoms with van der Waals surface area (Å²) < 4.78 is 0. The normalized spacial score (nSPS) is 22.5. The molecule has 1 aliphatic heterocycles. The molecule has 12 heavy (non-hydrogen) atoms. The van der Waals surface area contributed by atoms with Gasteiger partial charge in [0, 0.05) is 12.6 Å². The Kier molecular flexibility index (Phi) is 4.62. The second kappa shape index (κ2) is 5.55. The molecular formula is C10H22N2. The van der Waals surface area contributed by atoms with Crippen molar-refractivity contribution in [3.63, 3.8) is 0 Å². The minimum atomic E-state index is 0.773. The van der Waals surface area contributed by atoms with Gasteiger partial charge in [0.2, 0.25) is 0 Å². The van der Waals surface area contributed by atoms with Crippen molar-refractivity contribution in [2.45, 2.75) is 38.6 Å². The third kappa shape index (κ3) is 2.76. The first kappa shape index (κ1) is 10.0. The summed E-state index contributed by atoms with van der Waals surface area (Å²) in [4.78, 5) is 2.64. The minimum Gasteiger partial charge on any atom is -0.318 e. The molecule has 1 saturated heterocycles. The summed E-state index contributed by atoms with van der Waals surface area (Å²) in [7, 11) is 2.05. The van der Waals surface area contributed by atoms with Crippen molar-refractivity contribution >= 4 is 0 Å². The van der Waals surface area contributed by atoms with Crippen LogP contribution in [0.1, 0.15) is 32.6 Å². The number of rotatable bonds is 4. The molecule has 1 rings (SSSR count). The predicted molar refractivity (Wildman–Crippen MR) is 53.4 cm³/mol. The van der Waals surface area contributed by atoms with Crippen LogP contribution in [0.3, 0.4) is 0 Å². The largest absolute Gasteiger partial charge is 0.318 e. The number of likely N-dealkylation sites (N-methyl/N-ethyl adjacent to an activating group) is 1. The van der Waals surface area contributed by atoms with Crippen molar-refractivity contribution in [1.29, 1.82) is 0 Å². The van der Waals surface area contributed by atoms with E-state index in [1.807, 2.05) is 7.05 Å². The van der Waals surface area contributed by atoms with Crippen LogP contribution >= 0.6 is 0 Å². The SMILES string of the molecule is CCC(CNC)N1CCCCC1. The topological polar surface area (TPSA) is 15.3 Å². The quantitative estimate of drug-likeness (QED) is 0.687. The average Bonchev–Trinajstić information content (AvgIpc) is 2.15. The van der Waals surface area contributed by atoms with Gasteiger partial charge in [-0.1, -0.05) is 13.3 Å². The number of piperidine rings is 1. The molecule has 1 unspecified atom stereocenters. The first-order chi connectivity index (χ1) is 5.88. The van der Waals surface area contributed by atoms with E-state index in [-0.39, 0.29) is 0 Å². The minimum absolute atomic E-state index is 0.773. The Morgan fingerprint density at radius 2 is 1.92 bits per heavy atom. The fourth-order valence-electron chi connectivity index (χ4n) is 2.05. The Balaban J connectivity index is 2.29. The van der Waals surface area contributed by atoms with Crippen LogP contribution in [-0.4, -0.2) is 37.6 Å². The first-order valence-corrected chi connectivity index (χ1v) is 5.27. The highest BCUT2D eigenvalue weighted by Crippen LogP contribution is 2.13. The van der Waals surface area contributed by atoms with Gasteiger partial charge >= 0.3 is 0 Å². The van der Waals surface area contributed by atoms with Crippen LogP contribution in [-0.2, 0) is 0 Å². The summed E-state index contributed by atoms with van der Waals surface area (Å²) in [5.74, 6) is 0. The van der Waals surface area contributed by atoms with Gasteiger partial charge in [-0.05, 0) is 39.4 Å². The average molecular weight is 170 g/mol. The Labute approximate surface area is 76.3 Å². The van der Waals surface area contributed by atoms with Crippen molar-refractivity contribution < 1.29 is 0 Å². The van der Waals surface area contributed by atoms with Crippen LogP contribution in [0.2, 0.25) is 0 Å². The molecule has 0 aromatic rings. The molecular weight excluding hydrogens is 148 g/mol. The third-order valence-corrected chi connectivity index (χ3v) is 2.82. The van der Waals surface area contributed by atoms with E-state index in [1.54, 1.807) is 0 Å². The second-order valence-corrected chi connectivity index (χ2v) is 3.72. The van der Waals surface area contributed by atoms with E-state index >= 15 is 0 Å². The highest BCUT2D eigenvalue weighted by molar-refractivity contribution is 4.74. The summed E-state index contributed by atoms with van der Waals surface area (Å²) in [6, 6.07) is 0.773. The molecule has 0 radical (unpaired) electrons. The fraction of sp³-hybridized carbons (Fsp3) is 1.00. The number of hydrogen-bond donors (Lipinski definition) is 1.